The number of nitrogens with zero attached hydrogens (tertiary/aromatic N) is 4. The van der Waals surface area contributed by atoms with E-state index in [0.29, 0.717) is 42.6 Å². The third-order valence-electron chi connectivity index (χ3n) is 5.86. The number of anilines is 1. The fourth-order valence-electron chi connectivity index (χ4n) is 3.92. The standard InChI is InChI=1S/C22H21N5O4/c1-14(15-3-5-16(6-4-15)27-12-23-11-24-27)25(2)13-26-18-10-20-19(30-7-8-31-20)9-17(18)21(28)22(26)29/h3-6,9-12,14H,7-8,13H2,1-2H3/p+1/t14-/m0/s1. The zero-order valence-electron chi connectivity index (χ0n) is 17.2. The summed E-state index contributed by atoms with van der Waals surface area (Å²) >= 11 is 0. The van der Waals surface area contributed by atoms with Gasteiger partial charge in [0.2, 0.25) is 0 Å². The number of nitrogens with one attached hydrogen (secondary N) is 1. The Morgan fingerprint density at radius 2 is 1.81 bits per heavy atom. The maximum Gasteiger partial charge on any atom is 0.303 e. The molecule has 2 aliphatic heterocycles. The van der Waals surface area contributed by atoms with Crippen LogP contribution in [0.1, 0.15) is 28.9 Å². The van der Waals surface area contributed by atoms with Crippen molar-refractivity contribution < 1.29 is 24.0 Å². The molecule has 5 rings (SSSR count). The first kappa shape index (κ1) is 19.3. The number of benzene rings is 2. The van der Waals surface area contributed by atoms with Crippen LogP contribution in [0.15, 0.2) is 49.1 Å². The van der Waals surface area contributed by atoms with Crippen molar-refractivity contribution >= 4 is 17.4 Å². The number of rotatable bonds is 5. The number of aromatic nitrogens is 3. The topological polar surface area (TPSA) is 91.0 Å². The number of hydrogen-bond acceptors (Lipinski definition) is 6. The number of hydrogen-bond donors (Lipinski definition) is 1. The molecule has 1 aromatic heterocycles. The van der Waals surface area contributed by atoms with Crippen molar-refractivity contribution in [1.29, 1.82) is 0 Å². The molecule has 0 bridgehead atoms. The van der Waals surface area contributed by atoms with Crippen molar-refractivity contribution in [3.05, 3.63) is 60.2 Å². The second-order valence-electron chi connectivity index (χ2n) is 7.73. The minimum Gasteiger partial charge on any atom is -0.486 e. The molecule has 3 heterocycles. The highest BCUT2D eigenvalue weighted by Crippen LogP contribution is 2.40. The quantitative estimate of drug-likeness (QED) is 0.614. The molecule has 2 atom stereocenters. The monoisotopic (exact) mass is 420 g/mol. The van der Waals surface area contributed by atoms with Crippen molar-refractivity contribution in [1.82, 2.24) is 14.8 Å². The minimum atomic E-state index is -0.523. The van der Waals surface area contributed by atoms with Gasteiger partial charge in [-0.1, -0.05) is 12.1 Å². The molecular formula is C22H22N5O4+. The van der Waals surface area contributed by atoms with Gasteiger partial charge in [0.15, 0.2) is 18.2 Å². The summed E-state index contributed by atoms with van der Waals surface area (Å²) < 4.78 is 12.9. The summed E-state index contributed by atoms with van der Waals surface area (Å²) in [6, 6.07) is 11.5. The molecule has 0 saturated carbocycles. The van der Waals surface area contributed by atoms with Gasteiger partial charge in [0.05, 0.1) is 24.0 Å². The molecular weight excluding hydrogens is 398 g/mol. The summed E-state index contributed by atoms with van der Waals surface area (Å²) in [6.45, 7) is 3.31. The van der Waals surface area contributed by atoms with E-state index in [4.69, 9.17) is 9.47 Å². The van der Waals surface area contributed by atoms with Crippen molar-refractivity contribution in [2.75, 3.05) is 31.8 Å². The first-order chi connectivity index (χ1) is 15.0. The van der Waals surface area contributed by atoms with E-state index in [-0.39, 0.29) is 6.04 Å². The van der Waals surface area contributed by atoms with Crippen molar-refractivity contribution in [3.63, 3.8) is 0 Å². The maximum atomic E-state index is 12.7. The van der Waals surface area contributed by atoms with Crippen LogP contribution in [0.3, 0.4) is 0 Å². The van der Waals surface area contributed by atoms with Gasteiger partial charge in [-0.05, 0) is 25.1 Å². The summed E-state index contributed by atoms with van der Waals surface area (Å²) in [6.07, 6.45) is 3.14. The molecule has 0 spiro atoms. The predicted octanol–water partition coefficient (Wildman–Crippen LogP) is 0.801. The van der Waals surface area contributed by atoms with Gasteiger partial charge in [-0.25, -0.2) is 9.67 Å². The van der Waals surface area contributed by atoms with Crippen molar-refractivity contribution in [2.45, 2.75) is 13.0 Å². The van der Waals surface area contributed by atoms with Gasteiger partial charge >= 0.3 is 5.91 Å². The number of carbonyl (C=O) groups excluding carboxylic acids is 2. The summed E-state index contributed by atoms with van der Waals surface area (Å²) in [4.78, 5) is 31.8. The molecule has 31 heavy (non-hydrogen) atoms. The number of ether oxygens (including phenoxy) is 2. The minimum absolute atomic E-state index is 0.0916. The first-order valence-corrected chi connectivity index (χ1v) is 10.1. The SMILES string of the molecule is C[C@@H](c1ccc(-n2cncn2)cc1)[NH+](C)CN1C(=O)C(=O)c2cc3c(cc21)OCCO3. The number of ketones is 1. The fraction of sp³-hybridized carbons (Fsp3) is 0.273. The average molecular weight is 420 g/mol. The normalized spacial score (nSPS) is 16.9. The van der Waals surface area contributed by atoms with E-state index < -0.39 is 11.7 Å². The predicted molar refractivity (Wildman–Crippen MR) is 111 cm³/mol. The van der Waals surface area contributed by atoms with Gasteiger partial charge in [0.1, 0.15) is 31.9 Å². The molecule has 2 aliphatic rings. The maximum absolute atomic E-state index is 12.7. The van der Waals surface area contributed by atoms with Crippen LogP contribution in [0.25, 0.3) is 5.69 Å². The van der Waals surface area contributed by atoms with Gasteiger partial charge in [0, 0.05) is 11.6 Å². The smallest absolute Gasteiger partial charge is 0.303 e. The zero-order valence-corrected chi connectivity index (χ0v) is 17.2. The molecule has 1 amide bonds. The second kappa shape index (κ2) is 7.51. The summed E-state index contributed by atoms with van der Waals surface area (Å²) in [5, 5.41) is 4.14. The first-order valence-electron chi connectivity index (χ1n) is 10.1. The third kappa shape index (κ3) is 3.32. The Morgan fingerprint density at radius 3 is 2.48 bits per heavy atom. The average Bonchev–Trinajstić information content (AvgIpc) is 3.41. The molecule has 0 fully saturated rings. The highest BCUT2D eigenvalue weighted by molar-refractivity contribution is 6.52. The van der Waals surface area contributed by atoms with E-state index in [1.807, 2.05) is 31.3 Å². The number of amides is 1. The van der Waals surface area contributed by atoms with Gasteiger partial charge in [0.25, 0.3) is 5.78 Å². The van der Waals surface area contributed by atoms with E-state index in [0.717, 1.165) is 16.2 Å². The lowest BCUT2D eigenvalue weighted by molar-refractivity contribution is -0.909. The van der Waals surface area contributed by atoms with E-state index in [2.05, 4.69) is 17.0 Å². The van der Waals surface area contributed by atoms with Crippen LogP contribution in [0, 0.1) is 0 Å². The molecule has 0 saturated heterocycles. The van der Waals surface area contributed by atoms with Crippen LogP contribution >= 0.6 is 0 Å². The molecule has 9 heteroatoms. The highest BCUT2D eigenvalue weighted by atomic mass is 16.6. The van der Waals surface area contributed by atoms with Crippen LogP contribution in [-0.2, 0) is 4.79 Å². The molecule has 158 valence electrons. The largest absolute Gasteiger partial charge is 0.486 e. The van der Waals surface area contributed by atoms with Crippen LogP contribution in [-0.4, -0.2) is 53.4 Å². The molecule has 1 unspecified atom stereocenters. The van der Waals surface area contributed by atoms with E-state index >= 15 is 0 Å². The van der Waals surface area contributed by atoms with E-state index in [1.165, 1.54) is 11.2 Å². The number of Topliss-reactive ketones (excluding diaryl/α,β-unsaturated/α-hetero) is 1. The summed E-state index contributed by atoms with van der Waals surface area (Å²) in [5.41, 5.74) is 2.98. The van der Waals surface area contributed by atoms with Gasteiger partial charge in [-0.3, -0.25) is 14.5 Å². The number of carbonyl (C=O) groups is 2. The molecule has 1 N–H and O–H groups in total. The third-order valence-corrected chi connectivity index (χ3v) is 5.86. The molecule has 0 radical (unpaired) electrons. The summed E-state index contributed by atoms with van der Waals surface area (Å²) in [5.74, 6) is 0.0384. The lowest BCUT2D eigenvalue weighted by atomic mass is 10.1. The Bertz CT molecular complexity index is 1140. The van der Waals surface area contributed by atoms with Crippen LogP contribution in [0.5, 0.6) is 11.5 Å². The Balaban J connectivity index is 1.36. The van der Waals surface area contributed by atoms with E-state index in [9.17, 15) is 9.59 Å². The van der Waals surface area contributed by atoms with E-state index in [1.54, 1.807) is 23.1 Å². The van der Waals surface area contributed by atoms with Crippen LogP contribution in [0.2, 0.25) is 0 Å². The van der Waals surface area contributed by atoms with Gasteiger partial charge in [-0.2, -0.15) is 5.10 Å². The second-order valence-corrected chi connectivity index (χ2v) is 7.73. The van der Waals surface area contributed by atoms with Crippen molar-refractivity contribution in [3.8, 4) is 17.2 Å². The van der Waals surface area contributed by atoms with Crippen molar-refractivity contribution in [2.24, 2.45) is 0 Å². The van der Waals surface area contributed by atoms with Gasteiger partial charge < -0.3 is 14.4 Å². The van der Waals surface area contributed by atoms with Crippen LogP contribution < -0.4 is 19.3 Å². The van der Waals surface area contributed by atoms with Crippen LogP contribution in [0.4, 0.5) is 5.69 Å². The Hall–Kier alpha value is -3.72. The number of fused-ring (bicyclic) bond motifs is 2. The molecule has 2 aromatic carbocycles. The Morgan fingerprint density at radius 1 is 1.10 bits per heavy atom. The zero-order chi connectivity index (χ0) is 21.5. The molecule has 9 nitrogen and oxygen atoms in total. The Labute approximate surface area is 178 Å². The Kier molecular flexibility index (Phi) is 4.67. The molecule has 3 aromatic rings. The lowest BCUT2D eigenvalue weighted by Gasteiger charge is -2.27. The van der Waals surface area contributed by atoms with Gasteiger partial charge in [-0.15, -0.1) is 0 Å². The fourth-order valence-corrected chi connectivity index (χ4v) is 3.92. The molecule has 0 aliphatic carbocycles. The lowest BCUT2D eigenvalue weighted by Crippen LogP contribution is -3.10. The highest BCUT2D eigenvalue weighted by Gasteiger charge is 2.39. The summed E-state index contributed by atoms with van der Waals surface area (Å²) in [7, 11) is 2.00. The number of quaternary nitrogens is 1.